The Kier molecular flexibility index (Phi) is 6.48. The van der Waals surface area contributed by atoms with Gasteiger partial charge in [0.1, 0.15) is 17.3 Å². The minimum Gasteiger partial charge on any atom is -0.494 e. The number of amides is 1. The zero-order chi connectivity index (χ0) is 17.4. The number of hydrogen-bond acceptors (Lipinski definition) is 3. The molecule has 2 aromatic carbocycles. The van der Waals surface area contributed by atoms with Crippen molar-refractivity contribution in [2.45, 2.75) is 19.5 Å². The molecule has 0 saturated carbocycles. The molecule has 0 aliphatic carbocycles. The smallest absolute Gasteiger partial charge is 0.387 e. The van der Waals surface area contributed by atoms with Gasteiger partial charge in [-0.1, -0.05) is 0 Å². The van der Waals surface area contributed by atoms with Crippen LogP contribution in [0.3, 0.4) is 0 Å². The van der Waals surface area contributed by atoms with Crippen molar-refractivity contribution in [1.29, 1.82) is 0 Å². The van der Waals surface area contributed by atoms with Gasteiger partial charge in [-0.2, -0.15) is 8.78 Å². The molecule has 0 atom stereocenters. The molecule has 4 nitrogen and oxygen atoms in total. The SMILES string of the molecule is O=C(CCCOc1ccc(F)cc1)Nc1ccc(OC(F)F)cc1. The van der Waals surface area contributed by atoms with Crippen molar-refractivity contribution in [2.24, 2.45) is 0 Å². The fraction of sp³-hybridized carbons (Fsp3) is 0.235. The quantitative estimate of drug-likeness (QED) is 0.733. The third-order valence-corrected chi connectivity index (χ3v) is 2.99. The van der Waals surface area contributed by atoms with E-state index < -0.39 is 6.61 Å². The molecule has 1 N–H and O–H groups in total. The van der Waals surface area contributed by atoms with Crippen LogP contribution in [0.15, 0.2) is 48.5 Å². The van der Waals surface area contributed by atoms with E-state index in [0.29, 0.717) is 24.5 Å². The summed E-state index contributed by atoms with van der Waals surface area (Å²) in [5, 5.41) is 2.64. The lowest BCUT2D eigenvalue weighted by atomic mass is 10.2. The highest BCUT2D eigenvalue weighted by molar-refractivity contribution is 5.90. The maximum absolute atomic E-state index is 12.7. The lowest BCUT2D eigenvalue weighted by Crippen LogP contribution is -2.12. The Hall–Kier alpha value is -2.70. The lowest BCUT2D eigenvalue weighted by molar-refractivity contribution is -0.116. The summed E-state index contributed by atoms with van der Waals surface area (Å²) in [7, 11) is 0. The summed E-state index contributed by atoms with van der Waals surface area (Å²) in [6.45, 7) is -2.56. The van der Waals surface area contributed by atoms with Gasteiger partial charge < -0.3 is 14.8 Å². The standard InChI is InChI=1S/C17H16F3NO3/c18-12-3-7-14(8-4-12)23-11-1-2-16(22)21-13-5-9-15(10-6-13)24-17(19)20/h3-10,17H,1-2,11H2,(H,21,22). The fourth-order valence-electron chi connectivity index (χ4n) is 1.90. The van der Waals surface area contributed by atoms with Crippen LogP contribution in [0.4, 0.5) is 18.9 Å². The molecule has 0 radical (unpaired) electrons. The highest BCUT2D eigenvalue weighted by Gasteiger charge is 2.06. The maximum Gasteiger partial charge on any atom is 0.387 e. The van der Waals surface area contributed by atoms with E-state index in [9.17, 15) is 18.0 Å². The Labute approximate surface area is 137 Å². The molecular weight excluding hydrogens is 323 g/mol. The number of ether oxygens (including phenoxy) is 2. The first-order valence-electron chi connectivity index (χ1n) is 7.26. The second-order valence-corrected chi connectivity index (χ2v) is 4.86. The highest BCUT2D eigenvalue weighted by Crippen LogP contribution is 2.18. The predicted molar refractivity (Wildman–Crippen MR) is 82.8 cm³/mol. The van der Waals surface area contributed by atoms with Gasteiger partial charge in [0, 0.05) is 12.1 Å². The third-order valence-electron chi connectivity index (χ3n) is 2.99. The highest BCUT2D eigenvalue weighted by atomic mass is 19.3. The summed E-state index contributed by atoms with van der Waals surface area (Å²) in [6, 6.07) is 11.3. The van der Waals surface area contributed by atoms with Gasteiger partial charge in [-0.15, -0.1) is 0 Å². The molecule has 0 spiro atoms. The zero-order valence-electron chi connectivity index (χ0n) is 12.7. The lowest BCUT2D eigenvalue weighted by Gasteiger charge is -2.08. The zero-order valence-corrected chi connectivity index (χ0v) is 12.7. The molecule has 0 aromatic heterocycles. The summed E-state index contributed by atoms with van der Waals surface area (Å²) < 4.78 is 46.4. The van der Waals surface area contributed by atoms with Crippen molar-refractivity contribution in [1.82, 2.24) is 0 Å². The number of nitrogens with one attached hydrogen (secondary N) is 1. The molecule has 2 rings (SSSR count). The molecule has 0 fully saturated rings. The van der Waals surface area contributed by atoms with Crippen LogP contribution >= 0.6 is 0 Å². The van der Waals surface area contributed by atoms with E-state index in [1.807, 2.05) is 0 Å². The van der Waals surface area contributed by atoms with Crippen molar-refractivity contribution in [3.63, 3.8) is 0 Å². The number of hydrogen-bond donors (Lipinski definition) is 1. The fourth-order valence-corrected chi connectivity index (χ4v) is 1.90. The Morgan fingerprint density at radius 2 is 1.62 bits per heavy atom. The first-order chi connectivity index (χ1) is 11.5. The van der Waals surface area contributed by atoms with Gasteiger partial charge in [0.05, 0.1) is 6.61 Å². The van der Waals surface area contributed by atoms with Gasteiger partial charge in [-0.3, -0.25) is 4.79 Å². The molecule has 0 unspecified atom stereocenters. The van der Waals surface area contributed by atoms with Crippen LogP contribution in [-0.2, 0) is 4.79 Å². The molecule has 0 bridgehead atoms. The Balaban J connectivity index is 1.68. The molecule has 0 aliphatic rings. The second-order valence-electron chi connectivity index (χ2n) is 4.86. The van der Waals surface area contributed by atoms with Crippen LogP contribution < -0.4 is 14.8 Å². The van der Waals surface area contributed by atoms with Gasteiger partial charge in [-0.25, -0.2) is 4.39 Å². The Morgan fingerprint density at radius 1 is 1.00 bits per heavy atom. The number of alkyl halides is 2. The van der Waals surface area contributed by atoms with Crippen LogP contribution in [0.5, 0.6) is 11.5 Å². The van der Waals surface area contributed by atoms with Crippen LogP contribution in [0.1, 0.15) is 12.8 Å². The van der Waals surface area contributed by atoms with E-state index in [-0.39, 0.29) is 23.9 Å². The van der Waals surface area contributed by atoms with Crippen LogP contribution in [0, 0.1) is 5.82 Å². The minimum atomic E-state index is -2.88. The number of carbonyl (C=O) groups is 1. The van der Waals surface area contributed by atoms with Crippen molar-refractivity contribution < 1.29 is 27.4 Å². The van der Waals surface area contributed by atoms with Crippen LogP contribution in [0.2, 0.25) is 0 Å². The number of carbonyl (C=O) groups excluding carboxylic acids is 1. The summed E-state index contributed by atoms with van der Waals surface area (Å²) >= 11 is 0. The molecular formula is C17H16F3NO3. The number of benzene rings is 2. The van der Waals surface area contributed by atoms with Gasteiger partial charge in [0.25, 0.3) is 0 Å². The van der Waals surface area contributed by atoms with Gasteiger partial charge >= 0.3 is 6.61 Å². The maximum atomic E-state index is 12.7. The number of halogens is 3. The van der Waals surface area contributed by atoms with Gasteiger partial charge in [0.2, 0.25) is 5.91 Å². The van der Waals surface area contributed by atoms with Gasteiger partial charge in [-0.05, 0) is 55.0 Å². The number of rotatable bonds is 8. The van der Waals surface area contributed by atoms with E-state index in [4.69, 9.17) is 4.74 Å². The first kappa shape index (κ1) is 17.7. The largest absolute Gasteiger partial charge is 0.494 e. The summed E-state index contributed by atoms with van der Waals surface area (Å²) in [4.78, 5) is 11.8. The Bertz CT molecular complexity index is 645. The average Bonchev–Trinajstić information content (AvgIpc) is 2.55. The molecule has 0 heterocycles. The van der Waals surface area contributed by atoms with E-state index >= 15 is 0 Å². The molecule has 0 saturated heterocycles. The van der Waals surface area contributed by atoms with Crippen molar-refractivity contribution in [3.05, 3.63) is 54.3 Å². The Morgan fingerprint density at radius 3 is 2.25 bits per heavy atom. The van der Waals surface area contributed by atoms with E-state index in [0.717, 1.165) is 0 Å². The average molecular weight is 339 g/mol. The third kappa shape index (κ3) is 6.20. The normalized spacial score (nSPS) is 10.5. The second kappa shape index (κ2) is 8.81. The summed E-state index contributed by atoms with van der Waals surface area (Å²) in [6.07, 6.45) is 0.715. The summed E-state index contributed by atoms with van der Waals surface area (Å²) in [5.74, 6) is -0.00551. The van der Waals surface area contributed by atoms with Crippen molar-refractivity contribution >= 4 is 11.6 Å². The van der Waals surface area contributed by atoms with Crippen LogP contribution in [-0.4, -0.2) is 19.1 Å². The first-order valence-corrected chi connectivity index (χ1v) is 7.26. The van der Waals surface area contributed by atoms with Crippen molar-refractivity contribution in [2.75, 3.05) is 11.9 Å². The van der Waals surface area contributed by atoms with E-state index in [1.165, 1.54) is 48.5 Å². The number of anilines is 1. The van der Waals surface area contributed by atoms with Crippen LogP contribution in [0.25, 0.3) is 0 Å². The molecule has 2 aromatic rings. The molecule has 1 amide bonds. The minimum absolute atomic E-state index is 0.0238. The predicted octanol–water partition coefficient (Wildman–Crippen LogP) is 4.22. The molecule has 0 aliphatic heterocycles. The molecule has 24 heavy (non-hydrogen) atoms. The molecule has 7 heteroatoms. The van der Waals surface area contributed by atoms with Crippen molar-refractivity contribution in [3.8, 4) is 11.5 Å². The monoisotopic (exact) mass is 339 g/mol. The molecule has 128 valence electrons. The summed E-state index contributed by atoms with van der Waals surface area (Å²) in [5.41, 5.74) is 0.487. The van der Waals surface area contributed by atoms with E-state index in [2.05, 4.69) is 10.1 Å². The van der Waals surface area contributed by atoms with Gasteiger partial charge in [0.15, 0.2) is 0 Å². The van der Waals surface area contributed by atoms with E-state index in [1.54, 1.807) is 0 Å². The topological polar surface area (TPSA) is 47.6 Å².